The average Bonchev–Trinajstić information content (AvgIpc) is 3.54. The molecule has 1 saturated heterocycles. The first kappa shape index (κ1) is 21.6. The number of amides is 2. The molecule has 0 bridgehead atoms. The molecule has 170 valence electrons. The summed E-state index contributed by atoms with van der Waals surface area (Å²) in [6, 6.07) is 16.1. The van der Waals surface area contributed by atoms with Crippen molar-refractivity contribution in [2.75, 3.05) is 19.6 Å². The summed E-state index contributed by atoms with van der Waals surface area (Å²) in [6.45, 7) is 4.28. The predicted octanol–water partition coefficient (Wildman–Crippen LogP) is 4.45. The summed E-state index contributed by atoms with van der Waals surface area (Å²) in [6.07, 6.45) is 2.96. The average molecular weight is 462 g/mol. The molecule has 0 aliphatic carbocycles. The van der Waals surface area contributed by atoms with Crippen molar-refractivity contribution in [2.45, 2.75) is 38.8 Å². The van der Waals surface area contributed by atoms with Gasteiger partial charge < -0.3 is 14.5 Å². The van der Waals surface area contributed by atoms with Gasteiger partial charge in [0.2, 0.25) is 5.91 Å². The van der Waals surface area contributed by atoms with E-state index in [0.717, 1.165) is 54.2 Å². The molecule has 2 aliphatic rings. The minimum absolute atomic E-state index is 0.0128. The Morgan fingerprint density at radius 3 is 2.64 bits per heavy atom. The van der Waals surface area contributed by atoms with Crippen LogP contribution in [0.25, 0.3) is 0 Å². The second kappa shape index (κ2) is 9.35. The number of benzene rings is 2. The molecule has 6 nitrogen and oxygen atoms in total. The van der Waals surface area contributed by atoms with Gasteiger partial charge in [-0.1, -0.05) is 36.4 Å². The summed E-state index contributed by atoms with van der Waals surface area (Å²) in [7, 11) is 0. The Hall–Kier alpha value is -3.19. The maximum Gasteiger partial charge on any atom is 0.273 e. The number of likely N-dealkylation sites (tertiary alicyclic amines) is 1. The molecule has 5 rings (SSSR count). The zero-order chi connectivity index (χ0) is 22.8. The highest BCUT2D eigenvalue weighted by Gasteiger charge is 2.30. The van der Waals surface area contributed by atoms with Crippen LogP contribution in [0.3, 0.4) is 0 Å². The van der Waals surface area contributed by atoms with Gasteiger partial charge >= 0.3 is 0 Å². The number of hydrogen-bond acceptors (Lipinski definition) is 5. The molecular formula is C26H27N3O3S. The van der Waals surface area contributed by atoms with Crippen LogP contribution in [-0.2, 0) is 17.8 Å². The topological polar surface area (TPSA) is 62.7 Å². The molecular weight excluding hydrogens is 434 g/mol. The number of hydrogen-bond donors (Lipinski definition) is 0. The van der Waals surface area contributed by atoms with Crippen molar-refractivity contribution in [3.05, 3.63) is 81.3 Å². The Labute approximate surface area is 197 Å². The van der Waals surface area contributed by atoms with Crippen LogP contribution in [0, 0.1) is 0 Å². The summed E-state index contributed by atoms with van der Waals surface area (Å²) in [5, 5.41) is 2.60. The van der Waals surface area contributed by atoms with Gasteiger partial charge in [-0.25, -0.2) is 4.98 Å². The molecule has 0 N–H and O–H groups in total. The van der Waals surface area contributed by atoms with Crippen LogP contribution in [-0.4, -0.2) is 46.2 Å². The quantitative estimate of drug-likeness (QED) is 0.563. The van der Waals surface area contributed by atoms with Gasteiger partial charge in [-0.2, -0.15) is 0 Å². The fraction of sp³-hybridized carbons (Fsp3) is 0.346. The Balaban J connectivity index is 1.34. The SMILES string of the molecule is CC(=O)N1CCc2ccc(OCc3nc(C(=O)N4CCCC4)cs3)cc2[C@@H]1c1ccccc1. The van der Waals surface area contributed by atoms with E-state index in [1.54, 1.807) is 6.92 Å². The first-order valence-electron chi connectivity index (χ1n) is 11.4. The first-order chi connectivity index (χ1) is 16.1. The van der Waals surface area contributed by atoms with Gasteiger partial charge in [-0.05, 0) is 48.1 Å². The van der Waals surface area contributed by atoms with Crippen molar-refractivity contribution in [1.29, 1.82) is 0 Å². The largest absolute Gasteiger partial charge is 0.486 e. The van der Waals surface area contributed by atoms with Crippen molar-refractivity contribution in [2.24, 2.45) is 0 Å². The zero-order valence-electron chi connectivity index (χ0n) is 18.7. The molecule has 3 heterocycles. The Morgan fingerprint density at radius 2 is 1.88 bits per heavy atom. The smallest absolute Gasteiger partial charge is 0.273 e. The van der Waals surface area contributed by atoms with Crippen molar-refractivity contribution in [3.8, 4) is 5.75 Å². The maximum absolute atomic E-state index is 12.5. The molecule has 1 aromatic heterocycles. The number of aromatic nitrogens is 1. The molecule has 2 aromatic carbocycles. The summed E-state index contributed by atoms with van der Waals surface area (Å²) >= 11 is 1.45. The lowest BCUT2D eigenvalue weighted by atomic mass is 9.88. The van der Waals surface area contributed by atoms with Crippen LogP contribution in [0.15, 0.2) is 53.9 Å². The molecule has 2 amide bonds. The van der Waals surface area contributed by atoms with E-state index < -0.39 is 0 Å². The van der Waals surface area contributed by atoms with Crippen LogP contribution in [0.2, 0.25) is 0 Å². The molecule has 3 aromatic rings. The fourth-order valence-electron chi connectivity index (χ4n) is 4.72. The lowest BCUT2D eigenvalue weighted by Gasteiger charge is -2.37. The predicted molar refractivity (Wildman–Crippen MR) is 127 cm³/mol. The number of fused-ring (bicyclic) bond motifs is 1. The van der Waals surface area contributed by atoms with E-state index >= 15 is 0 Å². The monoisotopic (exact) mass is 461 g/mol. The molecule has 7 heteroatoms. The third-order valence-electron chi connectivity index (χ3n) is 6.39. The zero-order valence-corrected chi connectivity index (χ0v) is 19.5. The van der Waals surface area contributed by atoms with E-state index in [0.29, 0.717) is 18.8 Å². The summed E-state index contributed by atoms with van der Waals surface area (Å²) < 4.78 is 6.08. The van der Waals surface area contributed by atoms with E-state index in [9.17, 15) is 9.59 Å². The normalized spacial score (nSPS) is 17.7. The van der Waals surface area contributed by atoms with Gasteiger partial charge in [-0.15, -0.1) is 11.3 Å². The van der Waals surface area contributed by atoms with Crippen molar-refractivity contribution in [1.82, 2.24) is 14.8 Å². The molecule has 2 aliphatic heterocycles. The van der Waals surface area contributed by atoms with Gasteiger partial charge in [0.1, 0.15) is 23.1 Å². The second-order valence-electron chi connectivity index (χ2n) is 8.55. The van der Waals surface area contributed by atoms with E-state index in [1.807, 2.05) is 45.5 Å². The molecule has 33 heavy (non-hydrogen) atoms. The van der Waals surface area contributed by atoms with Gasteiger partial charge in [0, 0.05) is 31.9 Å². The lowest BCUT2D eigenvalue weighted by molar-refractivity contribution is -0.130. The van der Waals surface area contributed by atoms with Crippen LogP contribution < -0.4 is 4.74 Å². The van der Waals surface area contributed by atoms with E-state index in [4.69, 9.17) is 4.74 Å². The highest BCUT2D eigenvalue weighted by Crippen LogP contribution is 2.37. The van der Waals surface area contributed by atoms with E-state index in [1.165, 1.54) is 16.9 Å². The Bertz CT molecular complexity index is 1150. The molecule has 1 fully saturated rings. The Morgan fingerprint density at radius 1 is 1.09 bits per heavy atom. The molecule has 1 atom stereocenters. The first-order valence-corrected chi connectivity index (χ1v) is 12.3. The standard InChI is InChI=1S/C26H27N3O3S/c1-18(30)29-14-11-19-9-10-21(15-22(19)25(29)20-7-3-2-4-8-20)32-16-24-27-23(17-33-24)26(31)28-12-5-6-13-28/h2-4,7-10,15,17,25H,5-6,11-14,16H2,1H3/t25-/m0/s1. The highest BCUT2D eigenvalue weighted by molar-refractivity contribution is 7.09. The summed E-state index contributed by atoms with van der Waals surface area (Å²) in [5.41, 5.74) is 3.94. The minimum atomic E-state index is -0.124. The Kier molecular flexibility index (Phi) is 6.13. The van der Waals surface area contributed by atoms with Crippen molar-refractivity contribution in [3.63, 3.8) is 0 Å². The third-order valence-corrected chi connectivity index (χ3v) is 7.21. The number of carbonyl (C=O) groups is 2. The molecule has 0 radical (unpaired) electrons. The van der Waals surface area contributed by atoms with Crippen LogP contribution >= 0.6 is 11.3 Å². The number of thiazole rings is 1. The molecule has 0 unspecified atom stereocenters. The maximum atomic E-state index is 12.5. The minimum Gasteiger partial charge on any atom is -0.486 e. The van der Waals surface area contributed by atoms with Gasteiger partial charge in [0.05, 0.1) is 6.04 Å². The molecule has 0 spiro atoms. The number of carbonyl (C=O) groups excluding carboxylic acids is 2. The van der Waals surface area contributed by atoms with Crippen LogP contribution in [0.5, 0.6) is 5.75 Å². The lowest BCUT2D eigenvalue weighted by Crippen LogP contribution is -2.39. The summed E-state index contributed by atoms with van der Waals surface area (Å²) in [4.78, 5) is 33.2. The highest BCUT2D eigenvalue weighted by atomic mass is 32.1. The molecule has 0 saturated carbocycles. The fourth-order valence-corrected chi connectivity index (χ4v) is 5.40. The van der Waals surface area contributed by atoms with Crippen molar-refractivity contribution < 1.29 is 14.3 Å². The number of nitrogens with zero attached hydrogens (tertiary/aromatic N) is 3. The van der Waals surface area contributed by atoms with E-state index in [2.05, 4.69) is 23.2 Å². The second-order valence-corrected chi connectivity index (χ2v) is 9.49. The number of ether oxygens (including phenoxy) is 1. The van der Waals surface area contributed by atoms with Crippen LogP contribution in [0.4, 0.5) is 0 Å². The number of rotatable bonds is 5. The van der Waals surface area contributed by atoms with Gasteiger partial charge in [-0.3, -0.25) is 9.59 Å². The van der Waals surface area contributed by atoms with Crippen LogP contribution in [0.1, 0.15) is 58.0 Å². The third kappa shape index (κ3) is 4.50. The van der Waals surface area contributed by atoms with Crippen molar-refractivity contribution >= 4 is 23.2 Å². The van der Waals surface area contributed by atoms with E-state index in [-0.39, 0.29) is 17.9 Å². The van der Waals surface area contributed by atoms with Gasteiger partial charge in [0.15, 0.2) is 0 Å². The van der Waals surface area contributed by atoms with Gasteiger partial charge in [0.25, 0.3) is 5.91 Å². The summed E-state index contributed by atoms with van der Waals surface area (Å²) in [5.74, 6) is 0.820.